The molecule has 1 amide bonds. The number of nitrogen functional groups attached to an aromatic ring is 1. The van der Waals surface area contributed by atoms with Crippen molar-refractivity contribution in [3.8, 4) is 33.5 Å². The summed E-state index contributed by atoms with van der Waals surface area (Å²) in [6.07, 6.45) is -0.100. The van der Waals surface area contributed by atoms with E-state index in [1.54, 1.807) is 56.9 Å². The predicted molar refractivity (Wildman–Crippen MR) is 273 cm³/mol. The minimum absolute atomic E-state index is 0.0641. The Morgan fingerprint density at radius 2 is 1.67 bits per heavy atom. The summed E-state index contributed by atoms with van der Waals surface area (Å²) in [4.78, 5) is 55.1. The number of aromatic nitrogens is 4. The lowest BCUT2D eigenvalue weighted by molar-refractivity contribution is 0.0510. The second kappa shape index (κ2) is 20.4. The molecule has 0 bridgehead atoms. The van der Waals surface area contributed by atoms with Crippen molar-refractivity contribution in [3.05, 3.63) is 125 Å². The number of hydrogen-bond donors (Lipinski definition) is 1. The second-order valence-electron chi connectivity index (χ2n) is 18.7. The molecule has 0 radical (unpaired) electrons. The van der Waals surface area contributed by atoms with Gasteiger partial charge in [0.1, 0.15) is 42.0 Å². The Morgan fingerprint density at radius 1 is 0.928 bits per heavy atom. The molecule has 18 heteroatoms. The molecule has 4 aromatic carbocycles. The first-order valence-corrected chi connectivity index (χ1v) is 28.0. The number of esters is 1. The van der Waals surface area contributed by atoms with Gasteiger partial charge in [0.25, 0.3) is 5.91 Å². The van der Waals surface area contributed by atoms with Gasteiger partial charge in [0.05, 0.1) is 21.7 Å². The summed E-state index contributed by atoms with van der Waals surface area (Å²) in [6, 6.07) is 31.5. The molecule has 0 spiro atoms. The first-order valence-electron chi connectivity index (χ1n) is 22.6. The first-order chi connectivity index (χ1) is 33.0. The molecule has 3 aromatic heterocycles. The second-order valence-corrected chi connectivity index (χ2v) is 26.3. The van der Waals surface area contributed by atoms with E-state index in [-0.39, 0.29) is 48.6 Å². The monoisotopic (exact) mass is 982 g/mol. The Labute approximate surface area is 410 Å². The van der Waals surface area contributed by atoms with Crippen LogP contribution in [0.5, 0.6) is 5.75 Å². The molecule has 8 rings (SSSR count). The Kier molecular flexibility index (Phi) is 14.3. The van der Waals surface area contributed by atoms with Gasteiger partial charge in [-0.15, -0.1) is 4.68 Å². The van der Waals surface area contributed by atoms with Crippen molar-refractivity contribution in [2.45, 2.75) is 78.6 Å². The Morgan fingerprint density at radius 3 is 2.36 bits per heavy atom. The lowest BCUT2D eigenvalue weighted by Gasteiger charge is -2.31. The predicted octanol–water partition coefficient (Wildman–Crippen LogP) is 10.8. The minimum Gasteiger partial charge on any atom is -0.489 e. The molecule has 0 saturated carbocycles. The fourth-order valence-corrected chi connectivity index (χ4v) is 10.4. The van der Waals surface area contributed by atoms with Crippen molar-refractivity contribution in [3.63, 3.8) is 0 Å². The van der Waals surface area contributed by atoms with Crippen molar-refractivity contribution in [2.24, 2.45) is 0 Å². The highest BCUT2D eigenvalue weighted by Gasteiger charge is 2.31. The number of ether oxygens (including phenoxy) is 4. The minimum atomic E-state index is -1.36. The molecule has 69 heavy (non-hydrogen) atoms. The molecule has 15 nitrogen and oxygen atoms in total. The molecule has 0 aliphatic carbocycles. The molecule has 0 atom stereocenters. The quantitative estimate of drug-likeness (QED) is 0.0443. The highest BCUT2D eigenvalue weighted by Crippen LogP contribution is 2.39. The lowest BCUT2D eigenvalue weighted by Crippen LogP contribution is -2.37. The summed E-state index contributed by atoms with van der Waals surface area (Å²) in [5.74, 6) is -0.229. The van der Waals surface area contributed by atoms with E-state index in [0.717, 1.165) is 43.2 Å². The van der Waals surface area contributed by atoms with Crippen LogP contribution in [0.15, 0.2) is 91.0 Å². The first kappa shape index (κ1) is 48.5. The molecule has 1 aliphatic rings. The number of carbonyl (C=O) groups excluding carboxylic acids is 3. The third-order valence-electron chi connectivity index (χ3n) is 11.2. The Bertz CT molecular complexity index is 3020. The van der Waals surface area contributed by atoms with Crippen molar-refractivity contribution in [2.75, 3.05) is 42.0 Å². The molecule has 0 fully saturated rings. The van der Waals surface area contributed by atoms with Gasteiger partial charge in [-0.05, 0) is 105 Å². The van der Waals surface area contributed by atoms with E-state index in [2.05, 4.69) is 35.7 Å². The number of hydrogen-bond acceptors (Lipinski definition) is 15. The molecule has 7 aromatic rings. The summed E-state index contributed by atoms with van der Waals surface area (Å²) in [7, 11) is -1.36. The van der Waals surface area contributed by atoms with Gasteiger partial charge in [0.15, 0.2) is 21.8 Å². The number of rotatable bonds is 15. The molecule has 356 valence electrons. The van der Waals surface area contributed by atoms with E-state index >= 15 is 0 Å². The zero-order valence-corrected chi connectivity index (χ0v) is 42.3. The lowest BCUT2D eigenvalue weighted by atomic mass is 9.94. The van der Waals surface area contributed by atoms with E-state index in [9.17, 15) is 19.6 Å². The van der Waals surface area contributed by atoms with Crippen LogP contribution < -0.4 is 20.3 Å². The normalized spacial score (nSPS) is 12.6. The van der Waals surface area contributed by atoms with Gasteiger partial charge >= 0.3 is 12.1 Å². The number of anilines is 3. The third-order valence-corrected chi connectivity index (χ3v) is 15.1. The van der Waals surface area contributed by atoms with Gasteiger partial charge in [-0.25, -0.2) is 19.6 Å². The van der Waals surface area contributed by atoms with E-state index in [1.807, 2.05) is 66.7 Å². The van der Waals surface area contributed by atoms with Crippen LogP contribution in [0.2, 0.25) is 25.7 Å². The number of amides is 1. The van der Waals surface area contributed by atoms with Crippen molar-refractivity contribution >= 4 is 75.0 Å². The summed E-state index contributed by atoms with van der Waals surface area (Å²) in [6.45, 7) is 16.0. The van der Waals surface area contributed by atoms with E-state index < -0.39 is 25.7 Å². The number of benzene rings is 4. The number of nitriles is 1. The maximum Gasteiger partial charge on any atom is 0.437 e. The molecular formula is C51H54N8O7S2Si. The van der Waals surface area contributed by atoms with Gasteiger partial charge in [0.2, 0.25) is 0 Å². The molecule has 2 N–H and O–H groups in total. The number of fused-ring (bicyclic) bond motifs is 2. The number of nitrogens with two attached hydrogens (primary N) is 1. The van der Waals surface area contributed by atoms with Crippen LogP contribution in [0.25, 0.3) is 31.9 Å². The summed E-state index contributed by atoms with van der Waals surface area (Å²) in [5.41, 5.74) is 11.5. The van der Waals surface area contributed by atoms with Crippen molar-refractivity contribution < 1.29 is 33.3 Å². The van der Waals surface area contributed by atoms with E-state index in [4.69, 9.17) is 34.6 Å². The highest BCUT2D eigenvalue weighted by molar-refractivity contribution is 7.22. The average Bonchev–Trinajstić information content (AvgIpc) is 4.05. The summed E-state index contributed by atoms with van der Waals surface area (Å²) in [5, 5.41) is 15.4. The van der Waals surface area contributed by atoms with Gasteiger partial charge in [0, 0.05) is 38.9 Å². The number of carbonyl (C=O) groups is 3. The molecular weight excluding hydrogens is 929 g/mol. The van der Waals surface area contributed by atoms with Gasteiger partial charge in [-0.3, -0.25) is 9.69 Å². The van der Waals surface area contributed by atoms with Crippen LogP contribution in [-0.4, -0.2) is 77.9 Å². The Hall–Kier alpha value is -6.91. The highest BCUT2D eigenvalue weighted by atomic mass is 32.1. The fraction of sp³-hybridized carbons (Fsp3) is 0.314. The standard InChI is InChI=1S/C51H54N8O7S2Si/c1-8-64-47(61)43-44(35-18-16-32(17-19-35)30-65-36-22-20-34(21-23-36)42-38(28-52)45(53)59(56-42)50(62)66-51(2,3)4)68-48(55-43)57-25-24-33-12-11-13-37(39(33)29-57)46(60)58(31-63-26-27-69(5,6)7)49-54-40-14-9-10-15-41(40)67-49/h9-23H,8,24-27,29-31,53H2,1-7H3. The van der Waals surface area contributed by atoms with Gasteiger partial charge in [-0.2, -0.15) is 10.4 Å². The zero-order valence-electron chi connectivity index (χ0n) is 39.7. The Balaban J connectivity index is 0.988. The zero-order chi connectivity index (χ0) is 49.0. The number of nitrogens with zero attached hydrogens (tertiary/aromatic N) is 7. The molecule has 4 heterocycles. The molecule has 1 aliphatic heterocycles. The maximum absolute atomic E-state index is 14.7. The average molecular weight is 983 g/mol. The smallest absolute Gasteiger partial charge is 0.437 e. The maximum atomic E-state index is 14.7. The van der Waals surface area contributed by atoms with Crippen molar-refractivity contribution in [1.29, 1.82) is 5.26 Å². The van der Waals surface area contributed by atoms with Crippen LogP contribution in [0.1, 0.15) is 70.8 Å². The van der Waals surface area contributed by atoms with Crippen LogP contribution in [0, 0.1) is 11.3 Å². The SMILES string of the molecule is CCOC(=O)c1nc(N2CCc3cccc(C(=O)N(COCC[Si](C)(C)C)c4nc5ccccc5s4)c3C2)sc1-c1ccc(COc2ccc(-c3nn(C(=O)OC(C)(C)C)c(N)c3C#N)cc2)cc1. The van der Waals surface area contributed by atoms with Crippen LogP contribution in [0.4, 0.5) is 20.9 Å². The van der Waals surface area contributed by atoms with Crippen LogP contribution in [-0.2, 0) is 33.8 Å². The summed E-state index contributed by atoms with van der Waals surface area (Å²) >= 11 is 2.88. The van der Waals surface area contributed by atoms with E-state index in [0.29, 0.717) is 58.1 Å². The largest absolute Gasteiger partial charge is 0.489 e. The van der Waals surface area contributed by atoms with Crippen molar-refractivity contribution in [1.82, 2.24) is 19.7 Å². The number of para-hydroxylation sites is 1. The van der Waals surface area contributed by atoms with E-state index in [1.165, 1.54) is 22.7 Å². The third kappa shape index (κ3) is 11.2. The van der Waals surface area contributed by atoms with Crippen LogP contribution in [0.3, 0.4) is 0 Å². The van der Waals surface area contributed by atoms with Crippen LogP contribution >= 0.6 is 22.7 Å². The van der Waals surface area contributed by atoms with Gasteiger partial charge in [-0.1, -0.05) is 90.8 Å². The number of thiazole rings is 2. The van der Waals surface area contributed by atoms with Gasteiger partial charge < -0.3 is 29.6 Å². The summed E-state index contributed by atoms with van der Waals surface area (Å²) < 4.78 is 25.1. The topological polar surface area (TPSA) is 188 Å². The molecule has 0 unspecified atom stereocenters. The fourth-order valence-electron chi connectivity index (χ4n) is 7.59. The molecule has 0 saturated heterocycles.